The number of methoxy groups -OCH3 is 1. The van der Waals surface area contributed by atoms with Crippen molar-refractivity contribution in [3.05, 3.63) is 23.8 Å². The van der Waals surface area contributed by atoms with Crippen molar-refractivity contribution in [2.24, 2.45) is 0 Å². The Morgan fingerprint density at radius 1 is 1.43 bits per heavy atom. The van der Waals surface area contributed by atoms with Gasteiger partial charge in [-0.05, 0) is 24.6 Å². The highest BCUT2D eigenvalue weighted by Gasteiger charge is 2.19. The molecule has 0 saturated carbocycles. The summed E-state index contributed by atoms with van der Waals surface area (Å²) in [6.45, 7) is 0.135. The minimum Gasteiger partial charge on any atom is -0.496 e. The number of carboxylic acids is 1. The van der Waals surface area contributed by atoms with E-state index in [0.29, 0.717) is 12.2 Å². The minimum atomic E-state index is -3.81. The average molecular weight is 335 g/mol. The monoisotopic (exact) mass is 335 g/mol. The Bertz CT molecular complexity index is 641. The first-order valence-corrected chi connectivity index (χ1v) is 9.20. The normalized spacial score (nSPS) is 12.9. The highest BCUT2D eigenvalue weighted by atomic mass is 32.2. The molecule has 0 heterocycles. The molecule has 0 spiro atoms. The van der Waals surface area contributed by atoms with E-state index >= 15 is 0 Å². The Labute approximate surface area is 125 Å². The van der Waals surface area contributed by atoms with Crippen LogP contribution in [0, 0.1) is 0 Å². The van der Waals surface area contributed by atoms with E-state index in [9.17, 15) is 17.4 Å². The molecule has 9 heteroatoms. The molecule has 0 aliphatic rings. The molecule has 0 aliphatic heterocycles. The van der Waals surface area contributed by atoms with Crippen LogP contribution in [0.5, 0.6) is 5.75 Å². The summed E-state index contributed by atoms with van der Waals surface area (Å²) in [5, 5.41) is 9.03. The number of nitrogens with one attached hydrogen (secondary N) is 1. The fourth-order valence-electron chi connectivity index (χ4n) is 1.59. The lowest BCUT2D eigenvalue weighted by Crippen LogP contribution is -2.26. The van der Waals surface area contributed by atoms with Gasteiger partial charge in [-0.3, -0.25) is 4.21 Å². The first-order valence-electron chi connectivity index (χ1n) is 5.99. The predicted molar refractivity (Wildman–Crippen MR) is 78.7 cm³/mol. The van der Waals surface area contributed by atoms with Gasteiger partial charge < -0.3 is 9.84 Å². The molecule has 0 bridgehead atoms. The van der Waals surface area contributed by atoms with Crippen LogP contribution in [0.3, 0.4) is 0 Å². The molecule has 1 aromatic rings. The molecule has 21 heavy (non-hydrogen) atoms. The summed E-state index contributed by atoms with van der Waals surface area (Å²) in [7, 11) is -3.48. The lowest BCUT2D eigenvalue weighted by atomic mass is 10.2. The van der Waals surface area contributed by atoms with E-state index in [4.69, 9.17) is 9.84 Å². The number of sulfonamides is 1. The van der Waals surface area contributed by atoms with Crippen LogP contribution in [0.15, 0.2) is 23.1 Å². The number of hydrogen-bond donors (Lipinski definition) is 2. The van der Waals surface area contributed by atoms with Gasteiger partial charge >= 0.3 is 5.97 Å². The Morgan fingerprint density at radius 2 is 2.10 bits per heavy atom. The fraction of sp³-hybridized carbons (Fsp3) is 0.417. The molecule has 0 saturated heterocycles. The van der Waals surface area contributed by atoms with E-state index in [2.05, 4.69) is 4.72 Å². The van der Waals surface area contributed by atoms with Crippen molar-refractivity contribution in [3.8, 4) is 5.75 Å². The largest absolute Gasteiger partial charge is 0.496 e. The van der Waals surface area contributed by atoms with Crippen molar-refractivity contribution in [1.82, 2.24) is 4.72 Å². The average Bonchev–Trinajstić information content (AvgIpc) is 2.42. The maximum atomic E-state index is 12.0. The van der Waals surface area contributed by atoms with Gasteiger partial charge in [0.05, 0.1) is 12.0 Å². The second kappa shape index (κ2) is 7.53. The van der Waals surface area contributed by atoms with Crippen LogP contribution in [-0.4, -0.2) is 49.4 Å². The second-order valence-electron chi connectivity index (χ2n) is 4.20. The molecule has 0 aliphatic carbocycles. The van der Waals surface area contributed by atoms with Gasteiger partial charge in [0.25, 0.3) is 0 Å². The first-order chi connectivity index (χ1) is 9.77. The van der Waals surface area contributed by atoms with Crippen LogP contribution >= 0.6 is 0 Å². The van der Waals surface area contributed by atoms with Gasteiger partial charge in [0.15, 0.2) is 0 Å². The van der Waals surface area contributed by atoms with Crippen molar-refractivity contribution in [1.29, 1.82) is 0 Å². The number of benzene rings is 1. The Kier molecular flexibility index (Phi) is 6.31. The van der Waals surface area contributed by atoms with Gasteiger partial charge in [-0.2, -0.15) is 0 Å². The van der Waals surface area contributed by atoms with Gasteiger partial charge in [-0.1, -0.05) is 0 Å². The van der Waals surface area contributed by atoms with Crippen molar-refractivity contribution in [2.75, 3.05) is 25.7 Å². The number of carbonyl (C=O) groups is 1. The Hall–Kier alpha value is -1.45. The molecule has 1 unspecified atom stereocenters. The van der Waals surface area contributed by atoms with Crippen molar-refractivity contribution in [3.63, 3.8) is 0 Å². The standard InChI is InChI=1S/C12H17NO6S2/c1-19-11-5-4-9(8-10(11)12(14)15)21(17,18)13-6-3-7-20(2)16/h4-5,8,13H,3,6-7H2,1-2H3,(H,14,15). The van der Waals surface area contributed by atoms with Gasteiger partial charge in [-0.25, -0.2) is 17.9 Å². The minimum absolute atomic E-state index is 0.0860. The summed E-state index contributed by atoms with van der Waals surface area (Å²) in [6.07, 6.45) is 1.97. The van der Waals surface area contributed by atoms with E-state index < -0.39 is 26.8 Å². The van der Waals surface area contributed by atoms with Crippen molar-refractivity contribution < 1.29 is 27.3 Å². The SMILES string of the molecule is COc1ccc(S(=O)(=O)NCCCS(C)=O)cc1C(=O)O. The third kappa shape index (κ3) is 5.10. The number of hydrogen-bond acceptors (Lipinski definition) is 5. The maximum absolute atomic E-state index is 12.0. The molecular formula is C12H17NO6S2. The van der Waals surface area contributed by atoms with E-state index in [1.165, 1.54) is 25.5 Å². The van der Waals surface area contributed by atoms with Gasteiger partial charge in [0.1, 0.15) is 11.3 Å². The van der Waals surface area contributed by atoms with Crippen LogP contribution in [0.25, 0.3) is 0 Å². The molecule has 0 amide bonds. The zero-order chi connectivity index (χ0) is 16.0. The van der Waals surface area contributed by atoms with Gasteiger partial charge in [0.2, 0.25) is 10.0 Å². The lowest BCUT2D eigenvalue weighted by molar-refractivity contribution is 0.0693. The quantitative estimate of drug-likeness (QED) is 0.667. The highest BCUT2D eigenvalue weighted by molar-refractivity contribution is 7.89. The third-order valence-electron chi connectivity index (χ3n) is 2.61. The summed E-state index contributed by atoms with van der Waals surface area (Å²) in [6, 6.07) is 3.60. The molecule has 7 nitrogen and oxygen atoms in total. The van der Waals surface area contributed by atoms with E-state index in [1.807, 2.05) is 0 Å². The van der Waals surface area contributed by atoms with E-state index in [0.717, 1.165) is 6.07 Å². The molecule has 1 aromatic carbocycles. The highest BCUT2D eigenvalue weighted by Crippen LogP contribution is 2.22. The van der Waals surface area contributed by atoms with Crippen LogP contribution < -0.4 is 9.46 Å². The zero-order valence-electron chi connectivity index (χ0n) is 11.7. The van der Waals surface area contributed by atoms with Crippen molar-refractivity contribution >= 4 is 26.8 Å². The topological polar surface area (TPSA) is 110 Å². The number of ether oxygens (including phenoxy) is 1. The summed E-state index contributed by atoms with van der Waals surface area (Å²) in [5.74, 6) is -0.793. The van der Waals surface area contributed by atoms with E-state index in [1.54, 1.807) is 0 Å². The first kappa shape index (κ1) is 17.6. The van der Waals surface area contributed by atoms with Crippen LogP contribution in [-0.2, 0) is 20.8 Å². The molecule has 1 rings (SSSR count). The predicted octanol–water partition coefficient (Wildman–Crippen LogP) is 0.440. The smallest absolute Gasteiger partial charge is 0.339 e. The Balaban J connectivity index is 2.90. The second-order valence-corrected chi connectivity index (χ2v) is 7.52. The number of carboxylic acid groups (broad SMARTS) is 1. The van der Waals surface area contributed by atoms with Crippen LogP contribution in [0.2, 0.25) is 0 Å². The molecular weight excluding hydrogens is 318 g/mol. The molecule has 0 fully saturated rings. The van der Waals surface area contributed by atoms with Crippen LogP contribution in [0.1, 0.15) is 16.8 Å². The summed E-state index contributed by atoms with van der Waals surface area (Å²) < 4.78 is 42.2. The molecule has 2 N–H and O–H groups in total. The Morgan fingerprint density at radius 3 is 2.62 bits per heavy atom. The summed E-state index contributed by atoms with van der Waals surface area (Å²) in [5.41, 5.74) is -0.227. The van der Waals surface area contributed by atoms with Crippen molar-refractivity contribution in [2.45, 2.75) is 11.3 Å². The third-order valence-corrected chi connectivity index (χ3v) is 4.93. The lowest BCUT2D eigenvalue weighted by Gasteiger charge is -2.09. The molecule has 0 radical (unpaired) electrons. The summed E-state index contributed by atoms with van der Waals surface area (Å²) in [4.78, 5) is 10.9. The summed E-state index contributed by atoms with van der Waals surface area (Å²) >= 11 is 0. The molecule has 118 valence electrons. The van der Waals surface area contributed by atoms with Gasteiger partial charge in [-0.15, -0.1) is 0 Å². The van der Waals surface area contributed by atoms with E-state index in [-0.39, 0.29) is 22.8 Å². The fourth-order valence-corrected chi connectivity index (χ4v) is 3.24. The molecule has 0 aromatic heterocycles. The zero-order valence-corrected chi connectivity index (χ0v) is 13.3. The van der Waals surface area contributed by atoms with Crippen LogP contribution in [0.4, 0.5) is 0 Å². The number of aromatic carboxylic acids is 1. The molecule has 1 atom stereocenters. The van der Waals surface area contributed by atoms with Gasteiger partial charge in [0, 0.05) is 29.4 Å². The number of rotatable bonds is 8. The maximum Gasteiger partial charge on any atom is 0.339 e.